The van der Waals surface area contributed by atoms with E-state index in [1.165, 1.54) is 18.2 Å². The van der Waals surface area contributed by atoms with Crippen LogP contribution in [0.2, 0.25) is 0 Å². The van der Waals surface area contributed by atoms with Crippen molar-refractivity contribution < 1.29 is 9.59 Å². The highest BCUT2D eigenvalue weighted by Gasteiger charge is 2.32. The number of benzene rings is 1. The molecular weight excluding hydrogens is 262 g/mol. The predicted octanol–water partition coefficient (Wildman–Crippen LogP) is 1.38. The van der Waals surface area contributed by atoms with Gasteiger partial charge in [0.1, 0.15) is 0 Å². The zero-order valence-electron chi connectivity index (χ0n) is 10.6. The van der Waals surface area contributed by atoms with E-state index in [9.17, 15) is 9.59 Å². The molecule has 1 aliphatic heterocycles. The maximum Gasteiger partial charge on any atom is 0.246 e. The fourth-order valence-corrected chi connectivity index (χ4v) is 1.78. The van der Waals surface area contributed by atoms with Crippen molar-refractivity contribution in [2.45, 2.75) is 6.92 Å². The van der Waals surface area contributed by atoms with Gasteiger partial charge in [0, 0.05) is 18.9 Å². The quantitative estimate of drug-likeness (QED) is 0.655. The number of carbonyl (C=O) groups is 2. The van der Waals surface area contributed by atoms with Gasteiger partial charge in [-0.25, -0.2) is 4.99 Å². The molecule has 0 saturated heterocycles. The Morgan fingerprint density at radius 3 is 2.63 bits per heavy atom. The van der Waals surface area contributed by atoms with Gasteiger partial charge in [-0.15, -0.1) is 0 Å². The number of aliphatic imine (C=N–C) groups is 1. The molecule has 0 spiro atoms. The molecule has 2 amide bonds. The molecular formula is C13H13N3O2S. The normalized spacial score (nSPS) is 18.6. The number of amides is 2. The van der Waals surface area contributed by atoms with Gasteiger partial charge in [0.25, 0.3) is 0 Å². The molecule has 1 aromatic carbocycles. The Kier molecular flexibility index (Phi) is 3.71. The van der Waals surface area contributed by atoms with Crippen LogP contribution in [-0.4, -0.2) is 35.1 Å². The van der Waals surface area contributed by atoms with Gasteiger partial charge in [-0.1, -0.05) is 17.7 Å². The molecule has 6 heteroatoms. The van der Waals surface area contributed by atoms with Crippen molar-refractivity contribution in [1.29, 1.82) is 0 Å². The van der Waals surface area contributed by atoms with Gasteiger partial charge in [0.05, 0.1) is 0 Å². The second-order valence-corrected chi connectivity index (χ2v) is 4.66. The molecule has 19 heavy (non-hydrogen) atoms. The SMILES string of the molecule is Cc1ccc(NC(=O)C2C=NC(=S)N(C)C2=O)cc1. The van der Waals surface area contributed by atoms with Crippen LogP contribution < -0.4 is 5.32 Å². The van der Waals surface area contributed by atoms with Crippen molar-refractivity contribution in [2.24, 2.45) is 10.9 Å². The van der Waals surface area contributed by atoms with Crippen LogP contribution in [0.4, 0.5) is 5.69 Å². The number of rotatable bonds is 2. The largest absolute Gasteiger partial charge is 0.325 e. The Morgan fingerprint density at radius 1 is 1.37 bits per heavy atom. The van der Waals surface area contributed by atoms with Crippen molar-refractivity contribution in [2.75, 3.05) is 12.4 Å². The van der Waals surface area contributed by atoms with E-state index in [0.717, 1.165) is 5.56 Å². The first-order chi connectivity index (χ1) is 8.99. The highest BCUT2D eigenvalue weighted by atomic mass is 32.1. The van der Waals surface area contributed by atoms with Crippen molar-refractivity contribution in [3.8, 4) is 0 Å². The number of hydrogen-bond donors (Lipinski definition) is 1. The lowest BCUT2D eigenvalue weighted by molar-refractivity contribution is -0.133. The summed E-state index contributed by atoms with van der Waals surface area (Å²) in [5.41, 5.74) is 1.74. The lowest BCUT2D eigenvalue weighted by Gasteiger charge is -2.23. The first-order valence-electron chi connectivity index (χ1n) is 5.72. The molecule has 0 bridgehead atoms. The minimum Gasteiger partial charge on any atom is -0.325 e. The van der Waals surface area contributed by atoms with Crippen LogP contribution in [0.3, 0.4) is 0 Å². The van der Waals surface area contributed by atoms with E-state index in [-0.39, 0.29) is 11.0 Å². The Bertz CT molecular complexity index is 566. The number of carbonyl (C=O) groups excluding carboxylic acids is 2. The Hall–Kier alpha value is -2.08. The summed E-state index contributed by atoms with van der Waals surface area (Å²) in [7, 11) is 1.51. The lowest BCUT2D eigenvalue weighted by Crippen LogP contribution is -2.45. The third-order valence-corrected chi connectivity index (χ3v) is 3.20. The van der Waals surface area contributed by atoms with E-state index in [4.69, 9.17) is 12.2 Å². The number of thiocarbonyl (C=S) groups is 1. The molecule has 5 nitrogen and oxygen atoms in total. The van der Waals surface area contributed by atoms with Crippen molar-refractivity contribution >= 4 is 41.0 Å². The first-order valence-corrected chi connectivity index (χ1v) is 6.13. The summed E-state index contributed by atoms with van der Waals surface area (Å²) in [4.78, 5) is 29.0. The summed E-state index contributed by atoms with van der Waals surface area (Å²) in [6, 6.07) is 7.33. The summed E-state index contributed by atoms with van der Waals surface area (Å²) in [5.74, 6) is -1.71. The van der Waals surface area contributed by atoms with Gasteiger partial charge in [0.15, 0.2) is 5.92 Å². The topological polar surface area (TPSA) is 61.8 Å². The van der Waals surface area contributed by atoms with E-state index < -0.39 is 11.8 Å². The van der Waals surface area contributed by atoms with E-state index in [0.29, 0.717) is 5.69 Å². The molecule has 1 aliphatic rings. The van der Waals surface area contributed by atoms with Gasteiger partial charge in [-0.05, 0) is 31.3 Å². The van der Waals surface area contributed by atoms with E-state index in [2.05, 4.69) is 10.3 Å². The molecule has 0 aromatic heterocycles. The molecule has 0 radical (unpaired) electrons. The Labute approximate surface area is 116 Å². The van der Waals surface area contributed by atoms with Crippen molar-refractivity contribution in [3.05, 3.63) is 29.8 Å². The third-order valence-electron chi connectivity index (χ3n) is 2.82. The Morgan fingerprint density at radius 2 is 2.00 bits per heavy atom. The molecule has 1 unspecified atom stereocenters. The highest BCUT2D eigenvalue weighted by Crippen LogP contribution is 2.13. The zero-order chi connectivity index (χ0) is 14.0. The summed E-state index contributed by atoms with van der Waals surface area (Å²) >= 11 is 4.86. The van der Waals surface area contributed by atoms with Crippen LogP contribution >= 0.6 is 12.2 Å². The van der Waals surface area contributed by atoms with E-state index in [1.807, 2.05) is 19.1 Å². The molecule has 0 saturated carbocycles. The number of hydrogen-bond acceptors (Lipinski definition) is 3. The van der Waals surface area contributed by atoms with Crippen molar-refractivity contribution in [3.63, 3.8) is 0 Å². The second-order valence-electron chi connectivity index (χ2n) is 4.29. The van der Waals surface area contributed by atoms with Crippen LogP contribution in [0.15, 0.2) is 29.3 Å². The van der Waals surface area contributed by atoms with Gasteiger partial charge in [-0.2, -0.15) is 0 Å². The lowest BCUT2D eigenvalue weighted by atomic mass is 10.1. The smallest absolute Gasteiger partial charge is 0.246 e. The van der Waals surface area contributed by atoms with Gasteiger partial charge >= 0.3 is 0 Å². The summed E-state index contributed by atoms with van der Waals surface area (Å²) < 4.78 is 0. The van der Waals surface area contributed by atoms with E-state index >= 15 is 0 Å². The van der Waals surface area contributed by atoms with E-state index in [1.54, 1.807) is 12.1 Å². The average molecular weight is 275 g/mol. The highest BCUT2D eigenvalue weighted by molar-refractivity contribution is 7.80. The fourth-order valence-electron chi connectivity index (χ4n) is 1.63. The summed E-state index contributed by atoms with van der Waals surface area (Å²) in [5, 5.41) is 2.85. The molecule has 2 rings (SSSR count). The van der Waals surface area contributed by atoms with Crippen LogP contribution in [-0.2, 0) is 9.59 Å². The zero-order valence-corrected chi connectivity index (χ0v) is 11.4. The maximum atomic E-state index is 12.0. The summed E-state index contributed by atoms with van der Waals surface area (Å²) in [6.45, 7) is 1.96. The maximum absolute atomic E-state index is 12.0. The van der Waals surface area contributed by atoms with Crippen molar-refractivity contribution in [1.82, 2.24) is 4.90 Å². The minimum atomic E-state index is -0.932. The summed E-state index contributed by atoms with van der Waals surface area (Å²) in [6.07, 6.45) is 1.29. The minimum absolute atomic E-state index is 0.171. The van der Waals surface area contributed by atoms with Crippen LogP contribution in [0.25, 0.3) is 0 Å². The molecule has 1 atom stereocenters. The predicted molar refractivity (Wildman–Crippen MR) is 77.2 cm³/mol. The fraction of sp³-hybridized carbons (Fsp3) is 0.231. The standard InChI is InChI=1S/C13H13N3O2S/c1-8-3-5-9(6-4-8)15-11(17)10-7-14-13(19)16(2)12(10)18/h3-7,10H,1-2H3,(H,15,17). The third kappa shape index (κ3) is 2.85. The second kappa shape index (κ2) is 5.27. The van der Waals surface area contributed by atoms with Gasteiger partial charge in [0.2, 0.25) is 16.9 Å². The molecule has 1 heterocycles. The Balaban J connectivity index is 2.12. The van der Waals surface area contributed by atoms with Crippen LogP contribution in [0.5, 0.6) is 0 Å². The number of aryl methyl sites for hydroxylation is 1. The molecule has 1 N–H and O–H groups in total. The van der Waals surface area contributed by atoms with Crippen LogP contribution in [0, 0.1) is 12.8 Å². The molecule has 0 aliphatic carbocycles. The first kappa shape index (κ1) is 13.4. The average Bonchev–Trinajstić information content (AvgIpc) is 2.39. The molecule has 1 aromatic rings. The number of nitrogens with one attached hydrogen (secondary N) is 1. The van der Waals surface area contributed by atoms with Gasteiger partial charge < -0.3 is 5.32 Å². The molecule has 0 fully saturated rings. The van der Waals surface area contributed by atoms with Gasteiger partial charge in [-0.3, -0.25) is 14.5 Å². The monoisotopic (exact) mass is 275 g/mol. The molecule has 98 valence electrons. The number of anilines is 1. The van der Waals surface area contributed by atoms with Crippen LogP contribution in [0.1, 0.15) is 5.56 Å². The number of nitrogens with zero attached hydrogens (tertiary/aromatic N) is 2.